The molecule has 1 aliphatic rings. The van der Waals surface area contributed by atoms with Crippen molar-refractivity contribution in [3.63, 3.8) is 0 Å². The molecule has 1 atom stereocenters. The van der Waals surface area contributed by atoms with Gasteiger partial charge < -0.3 is 9.53 Å². The highest BCUT2D eigenvalue weighted by atomic mass is 28.4. The summed E-state index contributed by atoms with van der Waals surface area (Å²) in [6, 6.07) is 5.82. The molecule has 0 saturated carbocycles. The zero-order valence-electron chi connectivity index (χ0n) is 11.2. The van der Waals surface area contributed by atoms with E-state index in [2.05, 4.69) is 19.6 Å². The average Bonchev–Trinajstić information content (AvgIpc) is 2.26. The van der Waals surface area contributed by atoms with Gasteiger partial charge in [0.15, 0.2) is 0 Å². The fourth-order valence-electron chi connectivity index (χ4n) is 2.50. The summed E-state index contributed by atoms with van der Waals surface area (Å²) in [6.07, 6.45) is 2.59. The SMILES string of the molecule is C[Si](C)(C)Oc1cccc2c1CCCC2C(=O)O. The molecule has 4 heteroatoms. The minimum absolute atomic E-state index is 0.362. The maximum Gasteiger partial charge on any atom is 0.310 e. The number of fused-ring (bicyclic) bond motifs is 1. The molecule has 18 heavy (non-hydrogen) atoms. The lowest BCUT2D eigenvalue weighted by Crippen LogP contribution is -2.30. The molecule has 0 aliphatic heterocycles. The first-order valence-corrected chi connectivity index (χ1v) is 9.83. The molecule has 1 unspecified atom stereocenters. The maximum atomic E-state index is 11.3. The number of hydrogen-bond acceptors (Lipinski definition) is 2. The fourth-order valence-corrected chi connectivity index (χ4v) is 3.35. The average molecular weight is 264 g/mol. The monoisotopic (exact) mass is 264 g/mol. The number of aliphatic carboxylic acids is 1. The summed E-state index contributed by atoms with van der Waals surface area (Å²) < 4.78 is 6.07. The van der Waals surface area contributed by atoms with Crippen molar-refractivity contribution in [2.75, 3.05) is 0 Å². The Morgan fingerprint density at radius 3 is 2.72 bits per heavy atom. The summed E-state index contributed by atoms with van der Waals surface area (Å²) in [5.41, 5.74) is 2.06. The van der Waals surface area contributed by atoms with Gasteiger partial charge in [-0.25, -0.2) is 0 Å². The highest BCUT2D eigenvalue weighted by Gasteiger charge is 2.29. The van der Waals surface area contributed by atoms with Gasteiger partial charge >= 0.3 is 5.97 Å². The summed E-state index contributed by atoms with van der Waals surface area (Å²) in [4.78, 5) is 11.3. The Morgan fingerprint density at radius 2 is 2.11 bits per heavy atom. The highest BCUT2D eigenvalue weighted by Crippen LogP contribution is 2.37. The molecule has 1 aliphatic carbocycles. The van der Waals surface area contributed by atoms with E-state index in [-0.39, 0.29) is 5.92 Å². The van der Waals surface area contributed by atoms with Gasteiger partial charge in [-0.1, -0.05) is 12.1 Å². The standard InChI is InChI=1S/C14H20O3Si/c1-18(2,3)17-13-9-5-6-10-11(13)7-4-8-12(10)14(15)16/h5-6,9,12H,4,7-8H2,1-3H3,(H,15,16). The van der Waals surface area contributed by atoms with Gasteiger partial charge in [-0.2, -0.15) is 0 Å². The smallest absolute Gasteiger partial charge is 0.310 e. The molecule has 0 radical (unpaired) electrons. The Labute approximate surface area is 109 Å². The van der Waals surface area contributed by atoms with Crippen molar-refractivity contribution in [1.29, 1.82) is 0 Å². The summed E-state index contributed by atoms with van der Waals surface area (Å²) in [5, 5.41) is 9.28. The van der Waals surface area contributed by atoms with Crippen LogP contribution in [0.25, 0.3) is 0 Å². The largest absolute Gasteiger partial charge is 0.544 e. The minimum atomic E-state index is -1.65. The first-order valence-electron chi connectivity index (χ1n) is 6.42. The van der Waals surface area contributed by atoms with Crippen LogP contribution in [-0.2, 0) is 11.2 Å². The first kappa shape index (κ1) is 13.1. The van der Waals surface area contributed by atoms with Gasteiger partial charge in [-0.3, -0.25) is 4.79 Å². The van der Waals surface area contributed by atoms with Crippen LogP contribution in [0, 0.1) is 0 Å². The summed E-state index contributed by atoms with van der Waals surface area (Å²) in [7, 11) is -1.65. The summed E-state index contributed by atoms with van der Waals surface area (Å²) in [6.45, 7) is 6.43. The van der Waals surface area contributed by atoms with Crippen molar-refractivity contribution in [3.8, 4) is 5.75 Å². The van der Waals surface area contributed by atoms with Crippen molar-refractivity contribution in [1.82, 2.24) is 0 Å². The molecule has 1 N–H and O–H groups in total. The van der Waals surface area contributed by atoms with Crippen LogP contribution in [0.15, 0.2) is 18.2 Å². The molecule has 1 aromatic carbocycles. The summed E-state index contributed by atoms with van der Waals surface area (Å²) >= 11 is 0. The van der Waals surface area contributed by atoms with E-state index in [0.29, 0.717) is 0 Å². The second-order valence-electron chi connectivity index (χ2n) is 5.82. The van der Waals surface area contributed by atoms with Gasteiger partial charge in [0.25, 0.3) is 0 Å². The molecular formula is C14H20O3Si. The van der Waals surface area contributed by atoms with Crippen molar-refractivity contribution in [2.45, 2.75) is 44.8 Å². The van der Waals surface area contributed by atoms with Crippen LogP contribution in [0.4, 0.5) is 0 Å². The first-order chi connectivity index (χ1) is 8.38. The zero-order valence-corrected chi connectivity index (χ0v) is 12.2. The lowest BCUT2D eigenvalue weighted by molar-refractivity contribution is -0.139. The van der Waals surface area contributed by atoms with E-state index in [1.54, 1.807) is 0 Å². The number of benzene rings is 1. The van der Waals surface area contributed by atoms with Gasteiger partial charge in [0.2, 0.25) is 8.32 Å². The predicted molar refractivity (Wildman–Crippen MR) is 73.7 cm³/mol. The van der Waals surface area contributed by atoms with Gasteiger partial charge in [-0.05, 0) is 56.1 Å². The van der Waals surface area contributed by atoms with Crippen LogP contribution in [0.3, 0.4) is 0 Å². The Bertz CT molecular complexity index is 463. The van der Waals surface area contributed by atoms with Crippen LogP contribution in [0.2, 0.25) is 19.6 Å². The zero-order chi connectivity index (χ0) is 13.3. The van der Waals surface area contributed by atoms with E-state index in [4.69, 9.17) is 4.43 Å². The molecule has 0 spiro atoms. The van der Waals surface area contributed by atoms with Crippen LogP contribution in [-0.4, -0.2) is 19.4 Å². The van der Waals surface area contributed by atoms with E-state index in [1.165, 1.54) is 0 Å². The molecule has 0 amide bonds. The van der Waals surface area contributed by atoms with Crippen molar-refractivity contribution in [3.05, 3.63) is 29.3 Å². The predicted octanol–water partition coefficient (Wildman–Crippen LogP) is 3.40. The van der Waals surface area contributed by atoms with Crippen LogP contribution in [0.5, 0.6) is 5.75 Å². The third-order valence-electron chi connectivity index (χ3n) is 3.18. The van der Waals surface area contributed by atoms with Crippen molar-refractivity contribution < 1.29 is 14.3 Å². The third-order valence-corrected chi connectivity index (χ3v) is 4.01. The summed E-state index contributed by atoms with van der Waals surface area (Å²) in [5.74, 6) is -0.183. The lowest BCUT2D eigenvalue weighted by Gasteiger charge is -2.27. The highest BCUT2D eigenvalue weighted by molar-refractivity contribution is 6.70. The van der Waals surface area contributed by atoms with E-state index < -0.39 is 14.3 Å². The molecular weight excluding hydrogens is 244 g/mol. The molecule has 0 aromatic heterocycles. The van der Waals surface area contributed by atoms with E-state index in [9.17, 15) is 9.90 Å². The fraction of sp³-hybridized carbons (Fsp3) is 0.500. The number of carbonyl (C=O) groups is 1. The minimum Gasteiger partial charge on any atom is -0.544 e. The topological polar surface area (TPSA) is 46.5 Å². The second-order valence-corrected chi connectivity index (χ2v) is 10.3. The quantitative estimate of drug-likeness (QED) is 0.851. The third kappa shape index (κ3) is 2.75. The normalized spacial score (nSPS) is 19.2. The Balaban J connectivity index is 2.41. The van der Waals surface area contributed by atoms with Crippen molar-refractivity contribution >= 4 is 14.3 Å². The molecule has 2 rings (SSSR count). The molecule has 3 nitrogen and oxygen atoms in total. The second kappa shape index (κ2) is 4.76. The van der Waals surface area contributed by atoms with Crippen molar-refractivity contribution in [2.24, 2.45) is 0 Å². The van der Waals surface area contributed by atoms with E-state index in [1.807, 2.05) is 18.2 Å². The van der Waals surface area contributed by atoms with E-state index in [0.717, 1.165) is 36.1 Å². The molecule has 1 aromatic rings. The molecule has 98 valence electrons. The Kier molecular flexibility index (Phi) is 3.48. The number of carboxylic acids is 1. The van der Waals surface area contributed by atoms with Crippen LogP contribution >= 0.6 is 0 Å². The number of rotatable bonds is 3. The molecule has 0 fully saturated rings. The maximum absolute atomic E-state index is 11.3. The van der Waals surface area contributed by atoms with Gasteiger partial charge in [0.05, 0.1) is 5.92 Å². The van der Waals surface area contributed by atoms with Gasteiger partial charge in [0, 0.05) is 0 Å². The lowest BCUT2D eigenvalue weighted by atomic mass is 9.82. The molecule has 0 saturated heterocycles. The number of hydrogen-bond donors (Lipinski definition) is 1. The van der Waals surface area contributed by atoms with Gasteiger partial charge in [0.1, 0.15) is 5.75 Å². The molecule has 0 heterocycles. The Morgan fingerprint density at radius 1 is 1.39 bits per heavy atom. The van der Waals surface area contributed by atoms with Crippen LogP contribution in [0.1, 0.15) is 29.9 Å². The molecule has 0 bridgehead atoms. The van der Waals surface area contributed by atoms with Crippen LogP contribution < -0.4 is 4.43 Å². The number of carboxylic acid groups (broad SMARTS) is 1. The van der Waals surface area contributed by atoms with Gasteiger partial charge in [-0.15, -0.1) is 0 Å². The Hall–Kier alpha value is -1.29. The van der Waals surface area contributed by atoms with E-state index >= 15 is 0 Å².